The quantitative estimate of drug-likeness (QED) is 0.335. The molecule has 12 heteroatoms. The van der Waals surface area contributed by atoms with Gasteiger partial charge in [0.15, 0.2) is 17.1 Å². The highest BCUT2D eigenvalue weighted by molar-refractivity contribution is 5.90. The molecule has 4 aromatic heterocycles. The van der Waals surface area contributed by atoms with Crippen LogP contribution in [0.2, 0.25) is 0 Å². The van der Waals surface area contributed by atoms with Gasteiger partial charge in [-0.25, -0.2) is 14.1 Å². The molecule has 5 heterocycles. The van der Waals surface area contributed by atoms with Crippen molar-refractivity contribution in [1.29, 1.82) is 0 Å². The fraction of sp³-hybridized carbons (Fsp3) is 0.385. The fourth-order valence-electron chi connectivity index (χ4n) is 5.22. The molecule has 2 aliphatic rings. The van der Waals surface area contributed by atoms with Crippen molar-refractivity contribution in [2.24, 2.45) is 5.92 Å². The molecule has 2 fully saturated rings. The summed E-state index contributed by atoms with van der Waals surface area (Å²) in [7, 11) is 0. The number of hydrogen-bond donors (Lipinski definition) is 2. The largest absolute Gasteiger partial charge is 0.461 e. The van der Waals surface area contributed by atoms with Gasteiger partial charge in [0.2, 0.25) is 11.8 Å². The van der Waals surface area contributed by atoms with Gasteiger partial charge in [-0.05, 0) is 48.6 Å². The molecule has 1 saturated carbocycles. The number of nitrogens with two attached hydrogens (primary N) is 1. The van der Waals surface area contributed by atoms with Crippen molar-refractivity contribution in [2.45, 2.75) is 25.5 Å². The number of nitrogen functional groups attached to an aromatic ring is 1. The zero-order valence-electron chi connectivity index (χ0n) is 20.7. The third-order valence-corrected chi connectivity index (χ3v) is 7.56. The number of piperazine rings is 1. The van der Waals surface area contributed by atoms with Crippen LogP contribution in [0.3, 0.4) is 0 Å². The normalized spacial score (nSPS) is 17.6. The van der Waals surface area contributed by atoms with Gasteiger partial charge < -0.3 is 20.2 Å². The third-order valence-electron chi connectivity index (χ3n) is 7.56. The molecule has 1 aromatic carbocycles. The Kier molecular flexibility index (Phi) is 5.51. The van der Waals surface area contributed by atoms with Crippen molar-refractivity contribution in [3.8, 4) is 11.6 Å². The van der Waals surface area contributed by atoms with Crippen LogP contribution < -0.4 is 10.6 Å². The number of rotatable bonds is 7. The highest BCUT2D eigenvalue weighted by Gasteiger charge is 2.31. The van der Waals surface area contributed by atoms with E-state index >= 15 is 0 Å². The first-order valence-electron chi connectivity index (χ1n) is 12.9. The molecule has 1 atom stereocenters. The lowest BCUT2D eigenvalue weighted by Crippen LogP contribution is -2.47. The number of benzene rings is 1. The Labute approximate surface area is 217 Å². The van der Waals surface area contributed by atoms with E-state index in [0.717, 1.165) is 43.4 Å². The first-order valence-corrected chi connectivity index (χ1v) is 12.9. The SMILES string of the molecule is Nc1nc2c(cnn2CCN2CCN(c3cc([C@H](O)C4CC4)ccc3F)CC2)c2nc(-c3ccco3)nn12. The Morgan fingerprint density at radius 3 is 2.68 bits per heavy atom. The number of hydrogen-bond acceptors (Lipinski definition) is 9. The number of anilines is 2. The van der Waals surface area contributed by atoms with Crippen LogP contribution in [-0.4, -0.2) is 72.1 Å². The van der Waals surface area contributed by atoms with Crippen LogP contribution in [0.5, 0.6) is 0 Å². The molecule has 5 aromatic rings. The first-order chi connectivity index (χ1) is 18.5. The van der Waals surface area contributed by atoms with Crippen LogP contribution in [0, 0.1) is 11.7 Å². The highest BCUT2D eigenvalue weighted by atomic mass is 19.1. The summed E-state index contributed by atoms with van der Waals surface area (Å²) in [5, 5.41) is 20.2. The summed E-state index contributed by atoms with van der Waals surface area (Å²) in [5.74, 6) is 1.28. The van der Waals surface area contributed by atoms with E-state index in [9.17, 15) is 9.50 Å². The maximum atomic E-state index is 14.7. The van der Waals surface area contributed by atoms with Gasteiger partial charge in [0.1, 0.15) is 5.82 Å². The number of nitrogens with zero attached hydrogens (tertiary/aromatic N) is 8. The number of aliphatic hydroxyl groups excluding tert-OH is 1. The average Bonchev–Trinajstić information content (AvgIpc) is 3.29. The van der Waals surface area contributed by atoms with E-state index in [1.807, 2.05) is 10.7 Å². The molecule has 1 aliphatic carbocycles. The maximum absolute atomic E-state index is 14.7. The predicted octanol–water partition coefficient (Wildman–Crippen LogP) is 2.72. The van der Waals surface area contributed by atoms with E-state index < -0.39 is 6.10 Å². The molecular formula is C26H28FN9O2. The lowest BCUT2D eigenvalue weighted by molar-refractivity contribution is 0.153. The van der Waals surface area contributed by atoms with E-state index in [-0.39, 0.29) is 11.8 Å². The smallest absolute Gasteiger partial charge is 0.225 e. The van der Waals surface area contributed by atoms with Crippen molar-refractivity contribution in [3.63, 3.8) is 0 Å². The molecule has 0 unspecified atom stereocenters. The van der Waals surface area contributed by atoms with Gasteiger partial charge in [0, 0.05) is 32.7 Å². The van der Waals surface area contributed by atoms with Gasteiger partial charge in [-0.15, -0.1) is 5.10 Å². The van der Waals surface area contributed by atoms with Crippen molar-refractivity contribution in [1.82, 2.24) is 34.3 Å². The molecule has 11 nitrogen and oxygen atoms in total. The van der Waals surface area contributed by atoms with Gasteiger partial charge in [-0.3, -0.25) is 4.90 Å². The molecule has 0 bridgehead atoms. The number of aromatic nitrogens is 6. The Hall–Kier alpha value is -4.03. The molecular weight excluding hydrogens is 489 g/mol. The van der Waals surface area contributed by atoms with E-state index in [4.69, 9.17) is 10.2 Å². The van der Waals surface area contributed by atoms with Crippen molar-refractivity contribution in [3.05, 3.63) is 54.2 Å². The third kappa shape index (κ3) is 4.05. The van der Waals surface area contributed by atoms with Gasteiger partial charge in [0.25, 0.3) is 0 Å². The summed E-state index contributed by atoms with van der Waals surface area (Å²) in [6.45, 7) is 4.41. The molecule has 0 amide bonds. The number of fused-ring (bicyclic) bond motifs is 3. The van der Waals surface area contributed by atoms with Crippen LogP contribution >= 0.6 is 0 Å². The van der Waals surface area contributed by atoms with Crippen molar-refractivity contribution in [2.75, 3.05) is 43.4 Å². The number of halogens is 1. The number of furan rings is 1. The predicted molar refractivity (Wildman–Crippen MR) is 139 cm³/mol. The minimum Gasteiger partial charge on any atom is -0.461 e. The van der Waals surface area contributed by atoms with Crippen LogP contribution in [0.4, 0.5) is 16.0 Å². The summed E-state index contributed by atoms with van der Waals surface area (Å²) in [4.78, 5) is 13.5. The summed E-state index contributed by atoms with van der Waals surface area (Å²) < 4.78 is 23.4. The van der Waals surface area contributed by atoms with Crippen LogP contribution in [-0.2, 0) is 6.54 Å². The summed E-state index contributed by atoms with van der Waals surface area (Å²) in [6, 6.07) is 8.58. The maximum Gasteiger partial charge on any atom is 0.225 e. The fourth-order valence-corrected chi connectivity index (χ4v) is 5.22. The lowest BCUT2D eigenvalue weighted by Gasteiger charge is -2.36. The van der Waals surface area contributed by atoms with Gasteiger partial charge >= 0.3 is 0 Å². The number of aliphatic hydroxyl groups is 1. The first kappa shape index (κ1) is 23.1. The summed E-state index contributed by atoms with van der Waals surface area (Å²) in [5.41, 5.74) is 8.82. The second kappa shape index (κ2) is 9.07. The highest BCUT2D eigenvalue weighted by Crippen LogP contribution is 2.41. The second-order valence-corrected chi connectivity index (χ2v) is 10.0. The van der Waals surface area contributed by atoms with Crippen LogP contribution in [0.25, 0.3) is 28.3 Å². The second-order valence-electron chi connectivity index (χ2n) is 10.0. The van der Waals surface area contributed by atoms with Crippen molar-refractivity contribution < 1.29 is 13.9 Å². The van der Waals surface area contributed by atoms with E-state index in [1.54, 1.807) is 30.7 Å². The Morgan fingerprint density at radius 2 is 1.92 bits per heavy atom. The molecule has 3 N–H and O–H groups in total. The topological polar surface area (TPSA) is 127 Å². The van der Waals surface area contributed by atoms with Crippen LogP contribution in [0.15, 0.2) is 47.2 Å². The Balaban J connectivity index is 1.03. The minimum atomic E-state index is -0.502. The van der Waals surface area contributed by atoms with E-state index in [1.165, 1.54) is 10.6 Å². The molecule has 1 saturated heterocycles. The van der Waals surface area contributed by atoms with Crippen molar-refractivity contribution >= 4 is 28.3 Å². The zero-order chi connectivity index (χ0) is 25.8. The molecule has 7 rings (SSSR count). The van der Waals surface area contributed by atoms with E-state index in [0.29, 0.717) is 54.1 Å². The Bertz CT molecular complexity index is 1600. The van der Waals surface area contributed by atoms with Gasteiger partial charge in [-0.2, -0.15) is 14.6 Å². The lowest BCUT2D eigenvalue weighted by atomic mass is 10.0. The standard InChI is InChI=1S/C26H28FN9O2/c27-19-6-5-17(22(37)16-3-4-16)14-20(19)34-10-7-33(8-11-34)9-12-35-24-18(15-29-35)25-30-23(21-2-1-13-38-21)32-36(25)26(28)31-24/h1-2,5-6,13-16,22,37H,3-4,7-12H2,(H2,28,31)/t22-/m1/s1. The van der Waals surface area contributed by atoms with Gasteiger partial charge in [-0.1, -0.05) is 6.07 Å². The molecule has 38 heavy (non-hydrogen) atoms. The van der Waals surface area contributed by atoms with Gasteiger partial charge in [0.05, 0.1) is 36.2 Å². The minimum absolute atomic E-state index is 0.226. The summed E-state index contributed by atoms with van der Waals surface area (Å²) >= 11 is 0. The van der Waals surface area contributed by atoms with E-state index in [2.05, 4.69) is 30.0 Å². The van der Waals surface area contributed by atoms with Crippen LogP contribution in [0.1, 0.15) is 24.5 Å². The molecule has 196 valence electrons. The zero-order valence-corrected chi connectivity index (χ0v) is 20.7. The monoisotopic (exact) mass is 517 g/mol. The molecule has 0 spiro atoms. The summed E-state index contributed by atoms with van der Waals surface area (Å²) in [6.07, 6.45) is 4.88. The molecule has 1 aliphatic heterocycles. The average molecular weight is 518 g/mol. The molecule has 0 radical (unpaired) electrons. The Morgan fingerprint density at radius 1 is 1.08 bits per heavy atom.